The Balaban J connectivity index is 2.05. The van der Waals surface area contributed by atoms with Crippen molar-refractivity contribution in [2.24, 2.45) is 0 Å². The van der Waals surface area contributed by atoms with Crippen LogP contribution >= 0.6 is 11.6 Å². The predicted octanol–water partition coefficient (Wildman–Crippen LogP) is 3.15. The molecule has 2 rings (SSSR count). The van der Waals surface area contributed by atoms with Crippen molar-refractivity contribution >= 4 is 29.1 Å². The average molecular weight is 309 g/mol. The summed E-state index contributed by atoms with van der Waals surface area (Å²) in [5.41, 5.74) is 0.940. The molecule has 1 heterocycles. The summed E-state index contributed by atoms with van der Waals surface area (Å²) < 4.78 is 13.0. The number of benzene rings is 1. The number of aromatic nitrogens is 2. The van der Waals surface area contributed by atoms with Crippen LogP contribution in [0.1, 0.15) is 23.7 Å². The zero-order valence-corrected chi connectivity index (χ0v) is 12.1. The van der Waals surface area contributed by atoms with Gasteiger partial charge in [-0.3, -0.25) is 4.79 Å². The summed E-state index contributed by atoms with van der Waals surface area (Å²) in [5.74, 6) is -0.413. The first kappa shape index (κ1) is 15.2. The number of hydrogen-bond acceptors (Lipinski definition) is 4. The van der Waals surface area contributed by atoms with E-state index in [0.29, 0.717) is 23.7 Å². The Labute approximate surface area is 126 Å². The molecule has 110 valence electrons. The third kappa shape index (κ3) is 4.13. The van der Waals surface area contributed by atoms with E-state index in [4.69, 9.17) is 11.6 Å². The maximum absolute atomic E-state index is 13.0. The third-order valence-electron chi connectivity index (χ3n) is 2.63. The maximum atomic E-state index is 13.0. The topological polar surface area (TPSA) is 66.9 Å². The fourth-order valence-electron chi connectivity index (χ4n) is 1.55. The number of carbonyl (C=O) groups excluding carboxylic acids is 1. The van der Waals surface area contributed by atoms with Crippen LogP contribution in [-0.2, 0) is 0 Å². The molecule has 0 atom stereocenters. The summed E-state index contributed by atoms with van der Waals surface area (Å²) in [6, 6.07) is 4.20. The van der Waals surface area contributed by atoms with Crippen molar-refractivity contribution in [1.29, 1.82) is 0 Å². The van der Waals surface area contributed by atoms with Gasteiger partial charge in [0.05, 0.1) is 10.6 Å². The van der Waals surface area contributed by atoms with Gasteiger partial charge in [0, 0.05) is 24.6 Å². The van der Waals surface area contributed by atoms with Crippen LogP contribution in [0.4, 0.5) is 16.0 Å². The maximum Gasteiger partial charge on any atom is 0.254 e. The highest BCUT2D eigenvalue weighted by molar-refractivity contribution is 6.31. The first-order valence-electron chi connectivity index (χ1n) is 6.42. The smallest absolute Gasteiger partial charge is 0.254 e. The number of hydrogen-bond donors (Lipinski definition) is 2. The highest BCUT2D eigenvalue weighted by Crippen LogP contribution is 2.21. The summed E-state index contributed by atoms with van der Waals surface area (Å²) >= 11 is 5.69. The fraction of sp³-hybridized carbons (Fsp3) is 0.214. The van der Waals surface area contributed by atoms with Crippen molar-refractivity contribution in [2.45, 2.75) is 13.3 Å². The van der Waals surface area contributed by atoms with E-state index in [2.05, 4.69) is 20.6 Å². The average Bonchev–Trinajstić information content (AvgIpc) is 2.49. The second-order valence-corrected chi connectivity index (χ2v) is 4.71. The minimum absolute atomic E-state index is 0.00978. The minimum Gasteiger partial charge on any atom is -0.352 e. The summed E-state index contributed by atoms with van der Waals surface area (Å²) in [5, 5.41) is 5.62. The zero-order chi connectivity index (χ0) is 15.2. The van der Waals surface area contributed by atoms with E-state index in [1.165, 1.54) is 30.6 Å². The molecule has 0 radical (unpaired) electrons. The van der Waals surface area contributed by atoms with Gasteiger partial charge in [0.25, 0.3) is 5.91 Å². The number of amides is 1. The van der Waals surface area contributed by atoms with Gasteiger partial charge in [0.1, 0.15) is 5.82 Å². The number of nitrogens with one attached hydrogen (secondary N) is 2. The van der Waals surface area contributed by atoms with Crippen molar-refractivity contribution in [1.82, 2.24) is 15.3 Å². The molecule has 7 heteroatoms. The lowest BCUT2D eigenvalue weighted by atomic mass is 10.3. The van der Waals surface area contributed by atoms with Gasteiger partial charge in [-0.15, -0.1) is 0 Å². The Hall–Kier alpha value is -2.21. The van der Waals surface area contributed by atoms with Gasteiger partial charge in [-0.25, -0.2) is 14.4 Å². The van der Waals surface area contributed by atoms with E-state index in [0.717, 1.165) is 6.42 Å². The summed E-state index contributed by atoms with van der Waals surface area (Å²) in [6.07, 6.45) is 3.70. The Bertz CT molecular complexity index is 633. The van der Waals surface area contributed by atoms with Crippen molar-refractivity contribution < 1.29 is 9.18 Å². The van der Waals surface area contributed by atoms with E-state index in [9.17, 15) is 9.18 Å². The first-order chi connectivity index (χ1) is 10.1. The summed E-state index contributed by atoms with van der Waals surface area (Å²) in [4.78, 5) is 19.8. The van der Waals surface area contributed by atoms with Crippen LogP contribution in [-0.4, -0.2) is 22.4 Å². The van der Waals surface area contributed by atoms with E-state index >= 15 is 0 Å². The molecule has 0 saturated carbocycles. The Kier molecular flexibility index (Phi) is 5.05. The highest BCUT2D eigenvalue weighted by atomic mass is 35.5. The zero-order valence-electron chi connectivity index (χ0n) is 11.4. The number of anilines is 2. The van der Waals surface area contributed by atoms with Crippen LogP contribution in [0.15, 0.2) is 30.6 Å². The summed E-state index contributed by atoms with van der Waals surface area (Å²) in [7, 11) is 0. The number of halogens is 2. The SMILES string of the molecule is CCCNC(=O)c1cnc(Nc2ccc(F)c(Cl)c2)nc1. The molecule has 0 bridgehead atoms. The molecule has 0 unspecified atom stereocenters. The van der Waals surface area contributed by atoms with Crippen LogP contribution < -0.4 is 10.6 Å². The lowest BCUT2D eigenvalue weighted by molar-refractivity contribution is 0.0953. The molecular weight excluding hydrogens is 295 g/mol. The highest BCUT2D eigenvalue weighted by Gasteiger charge is 2.07. The van der Waals surface area contributed by atoms with Crippen molar-refractivity contribution in [3.63, 3.8) is 0 Å². The van der Waals surface area contributed by atoms with E-state index in [1.54, 1.807) is 0 Å². The van der Waals surface area contributed by atoms with Gasteiger partial charge in [-0.2, -0.15) is 0 Å². The molecule has 1 aromatic heterocycles. The van der Waals surface area contributed by atoms with E-state index < -0.39 is 5.82 Å². The molecule has 1 amide bonds. The Morgan fingerprint density at radius 3 is 2.67 bits per heavy atom. The second-order valence-electron chi connectivity index (χ2n) is 4.31. The molecule has 21 heavy (non-hydrogen) atoms. The van der Waals surface area contributed by atoms with Gasteiger partial charge < -0.3 is 10.6 Å². The van der Waals surface area contributed by atoms with Gasteiger partial charge in [-0.1, -0.05) is 18.5 Å². The lowest BCUT2D eigenvalue weighted by Crippen LogP contribution is -2.24. The largest absolute Gasteiger partial charge is 0.352 e. The normalized spacial score (nSPS) is 10.2. The number of nitrogens with zero attached hydrogens (tertiary/aromatic N) is 2. The van der Waals surface area contributed by atoms with Gasteiger partial charge in [-0.05, 0) is 24.6 Å². The first-order valence-corrected chi connectivity index (χ1v) is 6.80. The monoisotopic (exact) mass is 308 g/mol. The Morgan fingerprint density at radius 1 is 1.33 bits per heavy atom. The molecule has 1 aromatic carbocycles. The van der Waals surface area contributed by atoms with E-state index in [1.807, 2.05) is 6.92 Å². The number of rotatable bonds is 5. The molecule has 2 aromatic rings. The second kappa shape index (κ2) is 6.99. The van der Waals surface area contributed by atoms with Gasteiger partial charge in [0.15, 0.2) is 0 Å². The molecule has 5 nitrogen and oxygen atoms in total. The van der Waals surface area contributed by atoms with Gasteiger partial charge >= 0.3 is 0 Å². The van der Waals surface area contributed by atoms with Crippen LogP contribution in [0.5, 0.6) is 0 Å². The third-order valence-corrected chi connectivity index (χ3v) is 2.91. The van der Waals surface area contributed by atoms with Crippen LogP contribution in [0.25, 0.3) is 0 Å². The van der Waals surface area contributed by atoms with Crippen LogP contribution in [0.3, 0.4) is 0 Å². The summed E-state index contributed by atoms with van der Waals surface area (Å²) in [6.45, 7) is 2.57. The molecule has 0 saturated heterocycles. The van der Waals surface area contributed by atoms with Crippen molar-refractivity contribution in [3.05, 3.63) is 47.0 Å². The van der Waals surface area contributed by atoms with Crippen LogP contribution in [0, 0.1) is 5.82 Å². The molecular formula is C14H14ClFN4O. The standard InChI is InChI=1S/C14H14ClFN4O/c1-2-5-17-13(21)9-7-18-14(19-8-9)20-10-3-4-12(16)11(15)6-10/h3-4,6-8H,2,5H2,1H3,(H,17,21)(H,18,19,20). The Morgan fingerprint density at radius 2 is 2.05 bits per heavy atom. The fourth-order valence-corrected chi connectivity index (χ4v) is 1.73. The molecule has 0 aliphatic rings. The molecule has 0 fully saturated rings. The molecule has 0 aliphatic heterocycles. The molecule has 0 spiro atoms. The van der Waals surface area contributed by atoms with Crippen molar-refractivity contribution in [2.75, 3.05) is 11.9 Å². The number of carbonyl (C=O) groups is 1. The van der Waals surface area contributed by atoms with E-state index in [-0.39, 0.29) is 10.9 Å². The molecule has 2 N–H and O–H groups in total. The van der Waals surface area contributed by atoms with Crippen LogP contribution in [0.2, 0.25) is 5.02 Å². The van der Waals surface area contributed by atoms with Gasteiger partial charge in [0.2, 0.25) is 5.95 Å². The molecule has 0 aliphatic carbocycles. The lowest BCUT2D eigenvalue weighted by Gasteiger charge is -2.06. The quantitative estimate of drug-likeness (QED) is 0.890. The predicted molar refractivity (Wildman–Crippen MR) is 79.3 cm³/mol. The minimum atomic E-state index is -0.494. The van der Waals surface area contributed by atoms with Crippen molar-refractivity contribution in [3.8, 4) is 0 Å².